The Bertz CT molecular complexity index is 955. The lowest BCUT2D eigenvalue weighted by molar-refractivity contribution is 0.728. The lowest BCUT2D eigenvalue weighted by Crippen LogP contribution is -2.10. The summed E-state index contributed by atoms with van der Waals surface area (Å²) in [6, 6.07) is 26.1. The average molecular weight is 412 g/mol. The summed E-state index contributed by atoms with van der Waals surface area (Å²) in [4.78, 5) is 2.26. The van der Waals surface area contributed by atoms with Gasteiger partial charge in [-0.2, -0.15) is 0 Å². The van der Waals surface area contributed by atoms with Gasteiger partial charge in [0.1, 0.15) is 0 Å². The van der Waals surface area contributed by atoms with Crippen molar-refractivity contribution in [3.05, 3.63) is 108 Å². The third-order valence-electron chi connectivity index (χ3n) is 5.65. The van der Waals surface area contributed by atoms with Gasteiger partial charge >= 0.3 is 0 Å². The molecule has 0 saturated heterocycles. The monoisotopic (exact) mass is 411 g/mol. The van der Waals surface area contributed by atoms with Crippen molar-refractivity contribution in [1.82, 2.24) is 0 Å². The molecule has 0 aliphatic carbocycles. The quantitative estimate of drug-likeness (QED) is 0.366. The van der Waals surface area contributed by atoms with Crippen LogP contribution in [-0.2, 0) is 0 Å². The van der Waals surface area contributed by atoms with Crippen molar-refractivity contribution in [2.75, 3.05) is 11.9 Å². The summed E-state index contributed by atoms with van der Waals surface area (Å²) in [5.74, 6) is 0.591. The minimum absolute atomic E-state index is 0.591. The summed E-state index contributed by atoms with van der Waals surface area (Å²) in [6.07, 6.45) is 9.17. The molecule has 0 spiro atoms. The molecule has 0 bridgehead atoms. The second-order valence-electron chi connectivity index (χ2n) is 7.87. The Morgan fingerprint density at radius 3 is 1.87 bits per heavy atom. The van der Waals surface area contributed by atoms with E-state index in [0.717, 1.165) is 0 Å². The van der Waals surface area contributed by atoms with Crippen LogP contribution in [0.1, 0.15) is 51.2 Å². The molecule has 3 aromatic rings. The molecule has 0 aliphatic heterocycles. The SMILES string of the molecule is C/C=C\C=C/C.CCC(C)c1cc(N(C)c2ccc(-c3ccccc3)cc2)ccc1C. The summed E-state index contributed by atoms with van der Waals surface area (Å²) in [5, 5.41) is 0. The van der Waals surface area contributed by atoms with Gasteiger partial charge in [-0.15, -0.1) is 0 Å². The molecular weight excluding hydrogens is 374 g/mol. The number of rotatable bonds is 6. The fourth-order valence-electron chi connectivity index (χ4n) is 3.47. The molecule has 0 amide bonds. The number of hydrogen-bond donors (Lipinski definition) is 0. The molecule has 0 N–H and O–H groups in total. The molecule has 1 nitrogen and oxygen atoms in total. The lowest BCUT2D eigenvalue weighted by atomic mass is 9.93. The summed E-state index contributed by atoms with van der Waals surface area (Å²) in [7, 11) is 2.14. The first kappa shape index (κ1) is 24.2. The van der Waals surface area contributed by atoms with Crippen molar-refractivity contribution >= 4 is 11.4 Å². The van der Waals surface area contributed by atoms with Gasteiger partial charge in [0.05, 0.1) is 0 Å². The van der Waals surface area contributed by atoms with Gasteiger partial charge < -0.3 is 4.90 Å². The molecule has 3 aromatic carbocycles. The van der Waals surface area contributed by atoms with Crippen molar-refractivity contribution < 1.29 is 0 Å². The van der Waals surface area contributed by atoms with Gasteiger partial charge in [0.2, 0.25) is 0 Å². The van der Waals surface area contributed by atoms with Crippen LogP contribution < -0.4 is 4.90 Å². The highest BCUT2D eigenvalue weighted by Crippen LogP contribution is 2.31. The Hall–Kier alpha value is -3.06. The normalized spacial score (nSPS) is 11.9. The van der Waals surface area contributed by atoms with Gasteiger partial charge in [-0.3, -0.25) is 0 Å². The fourth-order valence-corrected chi connectivity index (χ4v) is 3.47. The molecule has 1 atom stereocenters. The third-order valence-corrected chi connectivity index (χ3v) is 5.65. The van der Waals surface area contributed by atoms with Crippen LogP contribution in [0.25, 0.3) is 11.1 Å². The number of nitrogens with zero attached hydrogens (tertiary/aromatic N) is 1. The summed E-state index contributed by atoms with van der Waals surface area (Å²) < 4.78 is 0. The van der Waals surface area contributed by atoms with Crippen LogP contribution >= 0.6 is 0 Å². The minimum atomic E-state index is 0.591. The van der Waals surface area contributed by atoms with Crippen molar-refractivity contribution in [2.45, 2.75) is 47.0 Å². The standard InChI is InChI=1S/C24H27N.C6H10/c1-5-18(2)24-17-23(14-11-19(24)3)25(4)22-15-12-21(13-16-22)20-9-7-6-8-10-20;1-3-5-6-4-2/h6-18H,5H2,1-4H3;3-6H,1-2H3/b;5-3-,6-4-. The first-order valence-electron chi connectivity index (χ1n) is 11.3. The van der Waals surface area contributed by atoms with Crippen LogP contribution in [-0.4, -0.2) is 7.05 Å². The Morgan fingerprint density at radius 1 is 0.774 bits per heavy atom. The van der Waals surface area contributed by atoms with Gasteiger partial charge in [0, 0.05) is 18.4 Å². The van der Waals surface area contributed by atoms with E-state index < -0.39 is 0 Å². The van der Waals surface area contributed by atoms with E-state index in [0.29, 0.717) is 5.92 Å². The number of aryl methyl sites for hydroxylation is 1. The molecule has 162 valence electrons. The molecule has 0 saturated carbocycles. The van der Waals surface area contributed by atoms with Gasteiger partial charge in [-0.05, 0) is 79.6 Å². The van der Waals surface area contributed by atoms with Crippen LogP contribution in [0.2, 0.25) is 0 Å². The number of hydrogen-bond acceptors (Lipinski definition) is 1. The van der Waals surface area contributed by atoms with Gasteiger partial charge in [0.25, 0.3) is 0 Å². The zero-order chi connectivity index (χ0) is 22.6. The molecule has 0 radical (unpaired) electrons. The van der Waals surface area contributed by atoms with E-state index in [1.54, 1.807) is 0 Å². The Labute approximate surface area is 189 Å². The predicted octanol–water partition coefficient (Wildman–Crippen LogP) is 9.08. The maximum atomic E-state index is 2.34. The summed E-state index contributed by atoms with van der Waals surface area (Å²) in [5.41, 5.74) is 7.79. The third kappa shape index (κ3) is 7.00. The van der Waals surface area contributed by atoms with Crippen molar-refractivity contribution in [1.29, 1.82) is 0 Å². The van der Waals surface area contributed by atoms with Gasteiger partial charge in [-0.1, -0.05) is 86.7 Å². The summed E-state index contributed by atoms with van der Waals surface area (Å²) in [6.45, 7) is 10.8. The van der Waals surface area contributed by atoms with E-state index in [9.17, 15) is 0 Å². The topological polar surface area (TPSA) is 3.24 Å². The van der Waals surface area contributed by atoms with E-state index in [1.165, 1.54) is 40.0 Å². The van der Waals surface area contributed by atoms with E-state index in [1.807, 2.05) is 38.2 Å². The predicted molar refractivity (Wildman–Crippen MR) is 139 cm³/mol. The highest BCUT2D eigenvalue weighted by molar-refractivity contribution is 5.70. The van der Waals surface area contributed by atoms with Crippen LogP contribution in [0, 0.1) is 6.92 Å². The maximum Gasteiger partial charge on any atom is 0.0411 e. The van der Waals surface area contributed by atoms with E-state index >= 15 is 0 Å². The second kappa shape index (κ2) is 12.6. The Morgan fingerprint density at radius 2 is 1.32 bits per heavy atom. The van der Waals surface area contributed by atoms with E-state index in [2.05, 4.69) is 106 Å². The van der Waals surface area contributed by atoms with Gasteiger partial charge in [0.15, 0.2) is 0 Å². The lowest BCUT2D eigenvalue weighted by Gasteiger charge is -2.23. The minimum Gasteiger partial charge on any atom is -0.345 e. The highest BCUT2D eigenvalue weighted by Gasteiger charge is 2.11. The highest BCUT2D eigenvalue weighted by atomic mass is 15.1. The Balaban J connectivity index is 0.000000501. The molecule has 0 heterocycles. The van der Waals surface area contributed by atoms with Crippen molar-refractivity contribution in [3.63, 3.8) is 0 Å². The second-order valence-corrected chi connectivity index (χ2v) is 7.87. The van der Waals surface area contributed by atoms with E-state index in [4.69, 9.17) is 0 Å². The number of allylic oxidation sites excluding steroid dienone is 4. The molecule has 1 heteroatoms. The molecule has 31 heavy (non-hydrogen) atoms. The maximum absolute atomic E-state index is 2.34. The molecule has 3 rings (SSSR count). The smallest absolute Gasteiger partial charge is 0.0411 e. The molecule has 0 aromatic heterocycles. The number of benzene rings is 3. The fraction of sp³-hybridized carbons (Fsp3) is 0.267. The van der Waals surface area contributed by atoms with Crippen LogP contribution in [0.4, 0.5) is 11.4 Å². The summed E-state index contributed by atoms with van der Waals surface area (Å²) >= 11 is 0. The van der Waals surface area contributed by atoms with Gasteiger partial charge in [-0.25, -0.2) is 0 Å². The van der Waals surface area contributed by atoms with Crippen molar-refractivity contribution in [3.8, 4) is 11.1 Å². The zero-order valence-electron chi connectivity index (χ0n) is 20.0. The Kier molecular flexibility index (Phi) is 9.84. The molecule has 1 unspecified atom stereocenters. The van der Waals surface area contributed by atoms with Crippen LogP contribution in [0.5, 0.6) is 0 Å². The first-order valence-corrected chi connectivity index (χ1v) is 11.3. The molecular formula is C30H37N. The first-order chi connectivity index (χ1) is 15.0. The molecule has 0 aliphatic rings. The molecule has 0 fully saturated rings. The van der Waals surface area contributed by atoms with E-state index in [-0.39, 0.29) is 0 Å². The van der Waals surface area contributed by atoms with Crippen LogP contribution in [0.15, 0.2) is 97.1 Å². The number of anilines is 2. The zero-order valence-corrected chi connectivity index (χ0v) is 20.0. The van der Waals surface area contributed by atoms with Crippen LogP contribution in [0.3, 0.4) is 0 Å². The average Bonchev–Trinajstić information content (AvgIpc) is 2.83. The van der Waals surface area contributed by atoms with Crippen molar-refractivity contribution in [2.24, 2.45) is 0 Å². The largest absolute Gasteiger partial charge is 0.345 e.